The number of nitrogens with one attached hydrogen (secondary N) is 1. The topological polar surface area (TPSA) is 92.9 Å². The van der Waals surface area contributed by atoms with E-state index in [1.54, 1.807) is 42.1 Å². The van der Waals surface area contributed by atoms with Crippen LogP contribution in [0.2, 0.25) is 0 Å². The number of aliphatic hydroxyl groups is 1. The van der Waals surface area contributed by atoms with Gasteiger partial charge in [-0.25, -0.2) is 15.0 Å². The van der Waals surface area contributed by atoms with E-state index in [1.807, 2.05) is 6.07 Å². The lowest BCUT2D eigenvalue weighted by atomic mass is 10.2. The molecule has 1 atom stereocenters. The van der Waals surface area contributed by atoms with Gasteiger partial charge in [0.05, 0.1) is 19.0 Å². The normalized spacial score (nSPS) is 12.3. The minimum absolute atomic E-state index is 0.259. The molecule has 1 aromatic carbocycles. The summed E-state index contributed by atoms with van der Waals surface area (Å²) < 4.78 is 1.72. The Labute approximate surface area is 126 Å². The fraction of sp³-hybridized carbons (Fsp3) is 0.200. The van der Waals surface area contributed by atoms with Gasteiger partial charge in [-0.3, -0.25) is 4.79 Å². The number of aromatic nitrogens is 4. The fourth-order valence-electron chi connectivity index (χ4n) is 2.16. The number of carbonyl (C=O) groups is 1. The zero-order chi connectivity index (χ0) is 15.5. The SMILES string of the molecule is C[C@@H](O)Cn1cnc2c(NC(=O)c3ccccc3)ncnc21. The van der Waals surface area contributed by atoms with E-state index >= 15 is 0 Å². The third-order valence-electron chi connectivity index (χ3n) is 3.13. The van der Waals surface area contributed by atoms with Gasteiger partial charge in [0.15, 0.2) is 17.0 Å². The number of benzene rings is 1. The van der Waals surface area contributed by atoms with Crippen molar-refractivity contribution in [1.29, 1.82) is 0 Å². The van der Waals surface area contributed by atoms with Crippen LogP contribution in [0.4, 0.5) is 5.82 Å². The first-order chi connectivity index (χ1) is 10.6. The minimum Gasteiger partial charge on any atom is -0.392 e. The Morgan fingerprint density at radius 1 is 1.27 bits per heavy atom. The van der Waals surface area contributed by atoms with Crippen molar-refractivity contribution in [3.63, 3.8) is 0 Å². The van der Waals surface area contributed by atoms with Gasteiger partial charge >= 0.3 is 0 Å². The van der Waals surface area contributed by atoms with Gasteiger partial charge in [0.1, 0.15) is 6.33 Å². The molecule has 2 N–H and O–H groups in total. The summed E-state index contributed by atoms with van der Waals surface area (Å²) in [5.41, 5.74) is 1.60. The van der Waals surface area contributed by atoms with Crippen molar-refractivity contribution in [1.82, 2.24) is 19.5 Å². The molecule has 0 aliphatic rings. The Morgan fingerprint density at radius 2 is 2.05 bits per heavy atom. The highest BCUT2D eigenvalue weighted by Crippen LogP contribution is 2.18. The lowest BCUT2D eigenvalue weighted by molar-refractivity contribution is 0.102. The van der Waals surface area contributed by atoms with Crippen LogP contribution in [0.15, 0.2) is 43.0 Å². The number of amides is 1. The van der Waals surface area contributed by atoms with E-state index in [-0.39, 0.29) is 5.91 Å². The quantitative estimate of drug-likeness (QED) is 0.760. The first kappa shape index (κ1) is 14.2. The third-order valence-corrected chi connectivity index (χ3v) is 3.13. The summed E-state index contributed by atoms with van der Waals surface area (Å²) >= 11 is 0. The maximum absolute atomic E-state index is 12.2. The predicted molar refractivity (Wildman–Crippen MR) is 81.4 cm³/mol. The average molecular weight is 297 g/mol. The maximum Gasteiger partial charge on any atom is 0.256 e. The van der Waals surface area contributed by atoms with Crippen LogP contribution in [-0.2, 0) is 6.54 Å². The molecular formula is C15H15N5O2. The number of aliphatic hydroxyl groups excluding tert-OH is 1. The molecule has 22 heavy (non-hydrogen) atoms. The van der Waals surface area contributed by atoms with Gasteiger partial charge in [-0.2, -0.15) is 0 Å². The van der Waals surface area contributed by atoms with Crippen LogP contribution in [0, 0.1) is 0 Å². The van der Waals surface area contributed by atoms with Gasteiger partial charge < -0.3 is 15.0 Å². The van der Waals surface area contributed by atoms with Crippen LogP contribution >= 0.6 is 0 Å². The number of nitrogens with zero attached hydrogens (tertiary/aromatic N) is 4. The van der Waals surface area contributed by atoms with Gasteiger partial charge in [0.25, 0.3) is 5.91 Å². The van der Waals surface area contributed by atoms with Crippen molar-refractivity contribution in [2.24, 2.45) is 0 Å². The summed E-state index contributed by atoms with van der Waals surface area (Å²) in [6, 6.07) is 8.88. The second-order valence-electron chi connectivity index (χ2n) is 4.96. The van der Waals surface area contributed by atoms with E-state index in [0.717, 1.165) is 0 Å². The van der Waals surface area contributed by atoms with Gasteiger partial charge in [0, 0.05) is 5.56 Å². The molecule has 0 saturated carbocycles. The van der Waals surface area contributed by atoms with Crippen LogP contribution in [0.3, 0.4) is 0 Å². The summed E-state index contributed by atoms with van der Waals surface area (Å²) in [5, 5.41) is 12.2. The number of hydrogen-bond donors (Lipinski definition) is 2. The van der Waals surface area contributed by atoms with Gasteiger partial charge in [-0.15, -0.1) is 0 Å². The van der Waals surface area contributed by atoms with E-state index in [2.05, 4.69) is 20.3 Å². The molecule has 2 aromatic heterocycles. The molecule has 3 aromatic rings. The van der Waals surface area contributed by atoms with E-state index < -0.39 is 6.10 Å². The zero-order valence-electron chi connectivity index (χ0n) is 12.0. The van der Waals surface area contributed by atoms with Crippen molar-refractivity contribution < 1.29 is 9.90 Å². The van der Waals surface area contributed by atoms with Crippen molar-refractivity contribution in [2.45, 2.75) is 19.6 Å². The van der Waals surface area contributed by atoms with E-state index in [1.165, 1.54) is 6.33 Å². The number of imidazole rings is 1. The van der Waals surface area contributed by atoms with Gasteiger partial charge in [-0.1, -0.05) is 18.2 Å². The molecule has 0 radical (unpaired) electrons. The average Bonchev–Trinajstić information content (AvgIpc) is 2.92. The highest BCUT2D eigenvalue weighted by Gasteiger charge is 2.14. The van der Waals surface area contributed by atoms with E-state index in [0.29, 0.717) is 29.1 Å². The number of fused-ring (bicyclic) bond motifs is 1. The molecule has 0 fully saturated rings. The molecule has 112 valence electrons. The van der Waals surface area contributed by atoms with Crippen LogP contribution in [0.5, 0.6) is 0 Å². The summed E-state index contributed by atoms with van der Waals surface area (Å²) in [7, 11) is 0. The smallest absolute Gasteiger partial charge is 0.256 e. The molecule has 7 heteroatoms. The van der Waals surface area contributed by atoms with Gasteiger partial charge in [0.2, 0.25) is 0 Å². The van der Waals surface area contributed by atoms with E-state index in [4.69, 9.17) is 0 Å². The Bertz CT molecular complexity index is 798. The first-order valence-electron chi connectivity index (χ1n) is 6.85. The second-order valence-corrected chi connectivity index (χ2v) is 4.96. The Balaban J connectivity index is 1.91. The largest absolute Gasteiger partial charge is 0.392 e. The number of anilines is 1. The van der Waals surface area contributed by atoms with Crippen LogP contribution < -0.4 is 5.32 Å². The van der Waals surface area contributed by atoms with Crippen molar-refractivity contribution in [3.05, 3.63) is 48.5 Å². The predicted octanol–water partition coefficient (Wildman–Crippen LogP) is 1.46. The van der Waals surface area contributed by atoms with Crippen LogP contribution in [0.25, 0.3) is 11.2 Å². The number of rotatable bonds is 4. The fourth-order valence-corrected chi connectivity index (χ4v) is 2.16. The number of hydrogen-bond acceptors (Lipinski definition) is 5. The summed E-state index contributed by atoms with van der Waals surface area (Å²) in [6.07, 6.45) is 2.42. The van der Waals surface area contributed by atoms with E-state index in [9.17, 15) is 9.90 Å². The molecule has 0 unspecified atom stereocenters. The Hall–Kier alpha value is -2.80. The molecule has 0 bridgehead atoms. The first-order valence-corrected chi connectivity index (χ1v) is 6.85. The Kier molecular flexibility index (Phi) is 3.80. The van der Waals surface area contributed by atoms with Crippen molar-refractivity contribution in [3.8, 4) is 0 Å². The maximum atomic E-state index is 12.2. The van der Waals surface area contributed by atoms with Crippen molar-refractivity contribution >= 4 is 22.9 Å². The molecule has 0 saturated heterocycles. The Morgan fingerprint density at radius 3 is 2.77 bits per heavy atom. The highest BCUT2D eigenvalue weighted by atomic mass is 16.3. The molecule has 1 amide bonds. The molecule has 0 aliphatic carbocycles. The lowest BCUT2D eigenvalue weighted by Crippen LogP contribution is -2.14. The highest BCUT2D eigenvalue weighted by molar-refractivity contribution is 6.06. The van der Waals surface area contributed by atoms with Gasteiger partial charge in [-0.05, 0) is 19.1 Å². The number of carbonyl (C=O) groups excluding carboxylic acids is 1. The summed E-state index contributed by atoms with van der Waals surface area (Å²) in [6.45, 7) is 2.06. The minimum atomic E-state index is -0.519. The third kappa shape index (κ3) is 2.79. The summed E-state index contributed by atoms with van der Waals surface area (Å²) in [4.78, 5) is 24.7. The van der Waals surface area contributed by atoms with Crippen molar-refractivity contribution in [2.75, 3.05) is 5.32 Å². The zero-order valence-corrected chi connectivity index (χ0v) is 12.0. The monoisotopic (exact) mass is 297 g/mol. The second kappa shape index (κ2) is 5.90. The molecule has 2 heterocycles. The molecular weight excluding hydrogens is 282 g/mol. The molecule has 7 nitrogen and oxygen atoms in total. The molecule has 0 aliphatic heterocycles. The standard InChI is InChI=1S/C15H15N5O2/c1-10(21)7-20-9-18-12-13(16-8-17-14(12)20)19-15(22)11-5-3-2-4-6-11/h2-6,8-10,21H,7H2,1H3,(H,16,17,19,22)/t10-/m1/s1. The lowest BCUT2D eigenvalue weighted by Gasteiger charge is -2.07. The van der Waals surface area contributed by atoms with Crippen LogP contribution in [0.1, 0.15) is 17.3 Å². The molecule has 0 spiro atoms. The molecule has 3 rings (SSSR count). The van der Waals surface area contributed by atoms with Crippen LogP contribution in [-0.4, -0.2) is 36.6 Å². The summed E-state index contributed by atoms with van der Waals surface area (Å²) in [5.74, 6) is 0.0915.